The molecule has 1 aromatic heterocycles. The molecule has 11 heteroatoms. The molecule has 31 heavy (non-hydrogen) atoms. The van der Waals surface area contributed by atoms with E-state index in [0.29, 0.717) is 5.56 Å². The third kappa shape index (κ3) is 5.41. The number of hydrazone groups is 1. The number of anilines is 1. The van der Waals surface area contributed by atoms with E-state index in [1.165, 1.54) is 26.3 Å². The summed E-state index contributed by atoms with van der Waals surface area (Å²) in [6.07, 6.45) is 1.32. The summed E-state index contributed by atoms with van der Waals surface area (Å²) >= 11 is 0. The molecule has 2 aromatic carbocycles. The van der Waals surface area contributed by atoms with Crippen LogP contribution in [0.4, 0.5) is 11.6 Å². The predicted molar refractivity (Wildman–Crippen MR) is 114 cm³/mol. The van der Waals surface area contributed by atoms with Crippen molar-refractivity contribution in [2.24, 2.45) is 5.10 Å². The molecular formula is C20H20N6O5. The molecule has 0 atom stereocenters. The highest BCUT2D eigenvalue weighted by molar-refractivity contribution is 5.83. The van der Waals surface area contributed by atoms with E-state index in [0.717, 1.165) is 11.1 Å². The number of methoxy groups -OCH3 is 1. The van der Waals surface area contributed by atoms with Gasteiger partial charge in [0.15, 0.2) is 5.75 Å². The van der Waals surface area contributed by atoms with Crippen molar-refractivity contribution in [3.63, 3.8) is 0 Å². The number of aromatic nitrogens is 3. The van der Waals surface area contributed by atoms with E-state index in [-0.39, 0.29) is 35.4 Å². The van der Waals surface area contributed by atoms with Gasteiger partial charge in [-0.15, -0.1) is 10.2 Å². The second-order valence-corrected chi connectivity index (χ2v) is 6.56. The van der Waals surface area contributed by atoms with Gasteiger partial charge in [-0.25, -0.2) is 5.43 Å². The van der Waals surface area contributed by atoms with Crippen LogP contribution in [0.5, 0.6) is 11.5 Å². The van der Waals surface area contributed by atoms with Crippen LogP contribution in [0.25, 0.3) is 0 Å². The van der Waals surface area contributed by atoms with Crippen LogP contribution < -0.4 is 20.5 Å². The van der Waals surface area contributed by atoms with E-state index in [9.17, 15) is 14.9 Å². The first-order valence-corrected chi connectivity index (χ1v) is 9.15. The molecule has 0 aliphatic rings. The molecule has 0 bridgehead atoms. The summed E-state index contributed by atoms with van der Waals surface area (Å²) in [6, 6.07) is 10.5. The Balaban J connectivity index is 1.82. The lowest BCUT2D eigenvalue weighted by atomic mass is 10.1. The number of nitrogens with zero attached hydrogens (tertiary/aromatic N) is 4. The van der Waals surface area contributed by atoms with Gasteiger partial charge in [0, 0.05) is 11.6 Å². The number of nitro groups is 1. The van der Waals surface area contributed by atoms with Crippen molar-refractivity contribution < 1.29 is 14.4 Å². The molecule has 0 saturated heterocycles. The molecule has 1 heterocycles. The van der Waals surface area contributed by atoms with Crippen LogP contribution in [-0.4, -0.2) is 33.4 Å². The maximum absolute atomic E-state index is 11.6. The quantitative estimate of drug-likeness (QED) is 0.319. The molecule has 0 radical (unpaired) electrons. The van der Waals surface area contributed by atoms with Crippen LogP contribution >= 0.6 is 0 Å². The van der Waals surface area contributed by atoms with Gasteiger partial charge in [0.1, 0.15) is 12.3 Å². The van der Waals surface area contributed by atoms with Gasteiger partial charge in [0.25, 0.3) is 5.56 Å². The van der Waals surface area contributed by atoms with Gasteiger partial charge in [0.05, 0.1) is 18.2 Å². The molecule has 11 nitrogen and oxygen atoms in total. The summed E-state index contributed by atoms with van der Waals surface area (Å²) in [5.74, 6) is 0.240. The fourth-order valence-corrected chi connectivity index (χ4v) is 2.57. The smallest absolute Gasteiger partial charge is 0.315 e. The lowest BCUT2D eigenvalue weighted by Gasteiger charge is -2.12. The number of nitrogens with one attached hydrogen (secondary N) is 2. The first-order valence-electron chi connectivity index (χ1n) is 9.15. The summed E-state index contributed by atoms with van der Waals surface area (Å²) < 4.78 is 11.0. The lowest BCUT2D eigenvalue weighted by Crippen LogP contribution is -2.15. The van der Waals surface area contributed by atoms with Gasteiger partial charge in [-0.2, -0.15) is 5.10 Å². The zero-order valence-corrected chi connectivity index (χ0v) is 17.1. The molecule has 0 unspecified atom stereocenters. The largest absolute Gasteiger partial charge is 0.493 e. The molecule has 160 valence electrons. The van der Waals surface area contributed by atoms with Crippen LogP contribution in [0.15, 0.2) is 46.3 Å². The molecule has 3 aromatic rings. The monoisotopic (exact) mass is 424 g/mol. The Hall–Kier alpha value is -4.28. The summed E-state index contributed by atoms with van der Waals surface area (Å²) in [5.41, 5.74) is 4.40. The Bertz CT molecular complexity index is 1170. The van der Waals surface area contributed by atoms with Gasteiger partial charge >= 0.3 is 5.69 Å². The molecule has 0 spiro atoms. The Labute approximate surface area is 176 Å². The number of hydrogen-bond acceptors (Lipinski definition) is 9. The normalized spacial score (nSPS) is 10.8. The zero-order valence-electron chi connectivity index (χ0n) is 17.1. The van der Waals surface area contributed by atoms with Crippen molar-refractivity contribution in [1.29, 1.82) is 0 Å². The Kier molecular flexibility index (Phi) is 6.55. The average Bonchev–Trinajstić information content (AvgIpc) is 2.75. The van der Waals surface area contributed by atoms with Crippen molar-refractivity contribution in [3.05, 3.63) is 79.3 Å². The summed E-state index contributed by atoms with van der Waals surface area (Å²) in [4.78, 5) is 25.1. The predicted octanol–water partition coefficient (Wildman–Crippen LogP) is 2.72. The van der Waals surface area contributed by atoms with Crippen molar-refractivity contribution >= 4 is 17.9 Å². The van der Waals surface area contributed by atoms with E-state index in [1.54, 1.807) is 6.07 Å². The molecule has 3 rings (SSSR count). The van der Waals surface area contributed by atoms with Crippen molar-refractivity contribution in [3.8, 4) is 11.5 Å². The van der Waals surface area contributed by atoms with Crippen LogP contribution in [0, 0.1) is 24.0 Å². The highest BCUT2D eigenvalue weighted by Crippen LogP contribution is 2.38. The van der Waals surface area contributed by atoms with E-state index in [1.807, 2.05) is 31.2 Å². The average molecular weight is 424 g/mol. The van der Waals surface area contributed by atoms with Crippen molar-refractivity contribution in [2.75, 3.05) is 12.5 Å². The molecule has 0 aliphatic heterocycles. The van der Waals surface area contributed by atoms with Crippen LogP contribution in [0.2, 0.25) is 0 Å². The van der Waals surface area contributed by atoms with E-state index < -0.39 is 10.5 Å². The first-order chi connectivity index (χ1) is 14.9. The minimum absolute atomic E-state index is 0.0203. The number of nitro benzene ring substituents is 1. The number of rotatable bonds is 8. The lowest BCUT2D eigenvalue weighted by molar-refractivity contribution is -0.386. The van der Waals surface area contributed by atoms with Gasteiger partial charge < -0.3 is 9.47 Å². The minimum Gasteiger partial charge on any atom is -0.493 e. The van der Waals surface area contributed by atoms with Crippen molar-refractivity contribution in [1.82, 2.24) is 15.2 Å². The van der Waals surface area contributed by atoms with E-state index in [4.69, 9.17) is 9.47 Å². The maximum Gasteiger partial charge on any atom is 0.315 e. The zero-order chi connectivity index (χ0) is 22.4. The topological polar surface area (TPSA) is 145 Å². The number of aryl methyl sites for hydroxylation is 2. The van der Waals surface area contributed by atoms with Crippen molar-refractivity contribution in [2.45, 2.75) is 20.5 Å². The second-order valence-electron chi connectivity index (χ2n) is 6.56. The Morgan fingerprint density at radius 1 is 1.23 bits per heavy atom. The molecule has 0 amide bonds. The molecule has 0 aliphatic carbocycles. The van der Waals surface area contributed by atoms with E-state index >= 15 is 0 Å². The second kappa shape index (κ2) is 9.48. The number of H-pyrrole nitrogens is 1. The number of ether oxygens (including phenoxy) is 2. The SMILES string of the molecule is COc1cc(/C=N/Nc2nnc(C)c(=O)[nH]2)cc([N+](=O)[O-])c1OCc1ccc(C)cc1. The standard InChI is InChI=1S/C20H20N6O5/c1-12-4-6-14(7-5-12)11-31-18-16(26(28)29)8-15(9-17(18)30-3)10-21-24-20-22-19(27)13(2)23-25-20/h4-10H,11H2,1-3H3,(H2,22,24,25,27)/b21-10+. The maximum atomic E-state index is 11.6. The van der Waals surface area contributed by atoms with Gasteiger partial charge in [-0.05, 0) is 25.5 Å². The third-order valence-corrected chi connectivity index (χ3v) is 4.22. The van der Waals surface area contributed by atoms with Gasteiger partial charge in [-0.1, -0.05) is 29.8 Å². The summed E-state index contributed by atoms with van der Waals surface area (Å²) in [5, 5.41) is 23.0. The highest BCUT2D eigenvalue weighted by Gasteiger charge is 2.22. The number of hydrogen-bond donors (Lipinski definition) is 2. The van der Waals surface area contributed by atoms with Gasteiger partial charge in [-0.3, -0.25) is 19.9 Å². The summed E-state index contributed by atoms with van der Waals surface area (Å²) in [6.45, 7) is 3.63. The van der Waals surface area contributed by atoms with Crippen LogP contribution in [0.1, 0.15) is 22.4 Å². The molecule has 2 N–H and O–H groups in total. The minimum atomic E-state index is -0.555. The Morgan fingerprint density at radius 3 is 2.61 bits per heavy atom. The molecule has 0 saturated carbocycles. The van der Waals surface area contributed by atoms with Gasteiger partial charge in [0.2, 0.25) is 11.7 Å². The molecule has 0 fully saturated rings. The number of aromatic amines is 1. The first kappa shape index (κ1) is 21.4. The van der Waals surface area contributed by atoms with Crippen LogP contribution in [-0.2, 0) is 6.61 Å². The third-order valence-electron chi connectivity index (χ3n) is 4.22. The van der Waals surface area contributed by atoms with Crippen LogP contribution in [0.3, 0.4) is 0 Å². The fraction of sp³-hybridized carbons (Fsp3) is 0.200. The highest BCUT2D eigenvalue weighted by atomic mass is 16.6. The fourth-order valence-electron chi connectivity index (χ4n) is 2.57. The Morgan fingerprint density at radius 2 is 1.97 bits per heavy atom. The summed E-state index contributed by atoms with van der Waals surface area (Å²) in [7, 11) is 1.39. The molecular weight excluding hydrogens is 404 g/mol. The van der Waals surface area contributed by atoms with E-state index in [2.05, 4.69) is 25.7 Å². The number of benzene rings is 2.